The van der Waals surface area contributed by atoms with Gasteiger partial charge in [0.1, 0.15) is 5.78 Å². The second-order valence-corrected chi connectivity index (χ2v) is 4.23. The molecule has 0 N–H and O–H groups in total. The Bertz CT molecular complexity index is 370. The lowest BCUT2D eigenvalue weighted by Gasteiger charge is -2.23. The molecule has 0 fully saturated rings. The highest BCUT2D eigenvalue weighted by atomic mass is 16.2. The Morgan fingerprint density at radius 3 is 1.44 bits per heavy atom. The summed E-state index contributed by atoms with van der Waals surface area (Å²) in [5.41, 5.74) is -2.21. The van der Waals surface area contributed by atoms with E-state index in [0.717, 1.165) is 20.8 Å². The molecule has 5 heteroatoms. The Kier molecular flexibility index (Phi) is 5.75. The molecular weight excluding hydrogens is 236 g/mol. The lowest BCUT2D eigenvalue weighted by Crippen LogP contribution is -2.49. The first-order valence-corrected chi connectivity index (χ1v) is 5.79. The summed E-state index contributed by atoms with van der Waals surface area (Å²) in [5, 5.41) is 0. The molecule has 0 aromatic heterocycles. The van der Waals surface area contributed by atoms with E-state index in [1.807, 2.05) is 0 Å². The molecule has 0 radical (unpaired) electrons. The summed E-state index contributed by atoms with van der Waals surface area (Å²) in [6.45, 7) is 4.79. The van der Waals surface area contributed by atoms with Crippen molar-refractivity contribution < 1.29 is 24.0 Å². The van der Waals surface area contributed by atoms with E-state index >= 15 is 0 Å². The predicted molar refractivity (Wildman–Crippen MR) is 64.0 cm³/mol. The Balaban J connectivity index is 5.28. The first kappa shape index (κ1) is 16.4. The second-order valence-electron chi connectivity index (χ2n) is 4.23. The summed E-state index contributed by atoms with van der Waals surface area (Å²) in [7, 11) is 0. The van der Waals surface area contributed by atoms with Crippen molar-refractivity contribution in [3.63, 3.8) is 0 Å². The van der Waals surface area contributed by atoms with Crippen molar-refractivity contribution in [2.75, 3.05) is 0 Å². The van der Waals surface area contributed by atoms with Crippen molar-refractivity contribution in [1.82, 2.24) is 0 Å². The summed E-state index contributed by atoms with van der Waals surface area (Å²) in [6.07, 6.45) is -0.0309. The molecule has 0 saturated heterocycles. The van der Waals surface area contributed by atoms with Crippen LogP contribution in [0.25, 0.3) is 0 Å². The number of hydrogen-bond donors (Lipinski definition) is 0. The monoisotopic (exact) mass is 254 g/mol. The van der Waals surface area contributed by atoms with Gasteiger partial charge in [0, 0.05) is 19.3 Å². The van der Waals surface area contributed by atoms with Crippen molar-refractivity contribution >= 4 is 28.9 Å². The SMILES string of the molecule is CCC(=O)CCC(=O)C(C(C)=O)(C(C)=O)C(C)=O. The number of ketones is 5. The van der Waals surface area contributed by atoms with Crippen LogP contribution in [0.1, 0.15) is 47.0 Å². The molecule has 0 bridgehead atoms. The molecule has 0 spiro atoms. The van der Waals surface area contributed by atoms with Gasteiger partial charge >= 0.3 is 0 Å². The number of hydrogen-bond acceptors (Lipinski definition) is 5. The predicted octanol–water partition coefficient (Wildman–Crippen LogP) is 1.07. The molecule has 5 nitrogen and oxygen atoms in total. The van der Waals surface area contributed by atoms with Crippen LogP contribution in [0.15, 0.2) is 0 Å². The van der Waals surface area contributed by atoms with Gasteiger partial charge in [-0.25, -0.2) is 0 Å². The molecule has 0 amide bonds. The maximum atomic E-state index is 12.0. The van der Waals surface area contributed by atoms with Crippen LogP contribution in [0, 0.1) is 5.41 Å². The van der Waals surface area contributed by atoms with E-state index in [4.69, 9.17) is 0 Å². The molecule has 0 unspecified atom stereocenters. The average molecular weight is 254 g/mol. The summed E-state index contributed by atoms with van der Waals surface area (Å²) in [5.74, 6) is -3.27. The first-order valence-electron chi connectivity index (χ1n) is 5.79. The van der Waals surface area contributed by atoms with E-state index in [0.29, 0.717) is 0 Å². The zero-order chi connectivity index (χ0) is 14.5. The average Bonchev–Trinajstić information content (AvgIpc) is 2.24. The van der Waals surface area contributed by atoms with Crippen molar-refractivity contribution in [3.8, 4) is 0 Å². The van der Waals surface area contributed by atoms with Crippen LogP contribution >= 0.6 is 0 Å². The lowest BCUT2D eigenvalue weighted by molar-refractivity contribution is -0.153. The fraction of sp³-hybridized carbons (Fsp3) is 0.615. The minimum Gasteiger partial charge on any atom is -0.300 e. The van der Waals surface area contributed by atoms with Gasteiger partial charge in [0.05, 0.1) is 0 Å². The van der Waals surface area contributed by atoms with Crippen LogP contribution in [-0.4, -0.2) is 28.9 Å². The van der Waals surface area contributed by atoms with Crippen LogP contribution in [-0.2, 0) is 24.0 Å². The third-order valence-electron chi connectivity index (χ3n) is 3.03. The minimum absolute atomic E-state index is 0.0507. The van der Waals surface area contributed by atoms with Gasteiger partial charge in [-0.15, -0.1) is 0 Å². The molecule has 0 atom stereocenters. The van der Waals surface area contributed by atoms with E-state index in [-0.39, 0.29) is 25.0 Å². The largest absolute Gasteiger partial charge is 0.300 e. The molecule has 0 aliphatic carbocycles. The van der Waals surface area contributed by atoms with Crippen LogP contribution in [0.5, 0.6) is 0 Å². The van der Waals surface area contributed by atoms with Crippen molar-refractivity contribution in [2.24, 2.45) is 5.41 Å². The van der Waals surface area contributed by atoms with E-state index in [1.165, 1.54) is 0 Å². The quantitative estimate of drug-likeness (QED) is 0.605. The highest BCUT2D eigenvalue weighted by Crippen LogP contribution is 2.25. The number of Topliss-reactive ketones (excluding diaryl/α,β-unsaturated/α-hetero) is 5. The normalized spacial score (nSPS) is 10.9. The van der Waals surface area contributed by atoms with Gasteiger partial charge < -0.3 is 0 Å². The molecule has 0 heterocycles. The van der Waals surface area contributed by atoms with Gasteiger partial charge in [0.15, 0.2) is 23.1 Å². The Morgan fingerprint density at radius 2 is 1.17 bits per heavy atom. The second kappa shape index (κ2) is 6.33. The van der Waals surface area contributed by atoms with Crippen molar-refractivity contribution in [3.05, 3.63) is 0 Å². The Labute approximate surface area is 106 Å². The van der Waals surface area contributed by atoms with E-state index < -0.39 is 28.5 Å². The molecule has 0 aliphatic rings. The number of carbonyl (C=O) groups is 5. The molecular formula is C13H18O5. The first-order chi connectivity index (χ1) is 8.21. The smallest absolute Gasteiger partial charge is 0.202 e. The highest BCUT2D eigenvalue weighted by molar-refractivity contribution is 6.37. The van der Waals surface area contributed by atoms with E-state index in [1.54, 1.807) is 6.92 Å². The van der Waals surface area contributed by atoms with Gasteiger partial charge in [-0.1, -0.05) is 6.92 Å². The molecule has 0 saturated carbocycles. The van der Waals surface area contributed by atoms with Crippen LogP contribution in [0.2, 0.25) is 0 Å². The van der Waals surface area contributed by atoms with Gasteiger partial charge in [-0.3, -0.25) is 24.0 Å². The summed E-state index contributed by atoms with van der Waals surface area (Å²) < 4.78 is 0. The highest BCUT2D eigenvalue weighted by Gasteiger charge is 2.51. The van der Waals surface area contributed by atoms with Crippen LogP contribution < -0.4 is 0 Å². The van der Waals surface area contributed by atoms with E-state index in [9.17, 15) is 24.0 Å². The van der Waals surface area contributed by atoms with E-state index in [2.05, 4.69) is 0 Å². The topological polar surface area (TPSA) is 85.3 Å². The maximum Gasteiger partial charge on any atom is 0.202 e. The lowest BCUT2D eigenvalue weighted by atomic mass is 9.72. The summed E-state index contributed by atoms with van der Waals surface area (Å²) >= 11 is 0. The standard InChI is InChI=1S/C13H18O5/c1-5-11(17)6-7-12(18)13(8(2)14,9(3)15)10(4)16/h5-7H2,1-4H3. The third-order valence-corrected chi connectivity index (χ3v) is 3.03. The Morgan fingerprint density at radius 1 is 0.778 bits per heavy atom. The van der Waals surface area contributed by atoms with Gasteiger partial charge in [0.25, 0.3) is 0 Å². The molecule has 0 aromatic carbocycles. The van der Waals surface area contributed by atoms with Crippen molar-refractivity contribution in [1.29, 1.82) is 0 Å². The zero-order valence-corrected chi connectivity index (χ0v) is 11.2. The third kappa shape index (κ3) is 2.97. The molecule has 18 heavy (non-hydrogen) atoms. The molecule has 100 valence electrons. The molecule has 0 rings (SSSR count). The van der Waals surface area contributed by atoms with Gasteiger partial charge in [0.2, 0.25) is 5.41 Å². The zero-order valence-electron chi connectivity index (χ0n) is 11.2. The molecule has 0 aromatic rings. The molecule has 0 aliphatic heterocycles. The fourth-order valence-corrected chi connectivity index (χ4v) is 1.95. The fourth-order valence-electron chi connectivity index (χ4n) is 1.95. The number of rotatable bonds is 8. The van der Waals surface area contributed by atoms with Gasteiger partial charge in [-0.05, 0) is 20.8 Å². The van der Waals surface area contributed by atoms with Crippen LogP contribution in [0.4, 0.5) is 0 Å². The summed E-state index contributed by atoms with van der Waals surface area (Å²) in [6, 6.07) is 0. The Hall–Kier alpha value is -1.65. The van der Waals surface area contributed by atoms with Gasteiger partial charge in [-0.2, -0.15) is 0 Å². The van der Waals surface area contributed by atoms with Crippen molar-refractivity contribution in [2.45, 2.75) is 47.0 Å². The minimum atomic E-state index is -2.21. The van der Waals surface area contributed by atoms with Crippen LogP contribution in [0.3, 0.4) is 0 Å². The number of carbonyl (C=O) groups excluding carboxylic acids is 5. The summed E-state index contributed by atoms with van der Waals surface area (Å²) in [4.78, 5) is 57.8. The maximum absolute atomic E-state index is 12.0.